The number of amides is 1. The van der Waals surface area contributed by atoms with E-state index in [0.29, 0.717) is 0 Å². The van der Waals surface area contributed by atoms with Crippen molar-refractivity contribution in [3.05, 3.63) is 48.3 Å². The minimum atomic E-state index is -4.05. The van der Waals surface area contributed by atoms with Gasteiger partial charge in [-0.15, -0.1) is 0 Å². The molecule has 0 radical (unpaired) electrons. The maximum Gasteiger partial charge on any atom is 0.241 e. The third-order valence-electron chi connectivity index (χ3n) is 3.75. The van der Waals surface area contributed by atoms with Crippen molar-refractivity contribution in [2.24, 2.45) is 5.14 Å². The van der Waals surface area contributed by atoms with Gasteiger partial charge in [0.15, 0.2) is 0 Å². The number of rotatable bonds is 9. The second-order valence-electron chi connectivity index (χ2n) is 5.91. The predicted molar refractivity (Wildman–Crippen MR) is 104 cm³/mol. The van der Waals surface area contributed by atoms with E-state index in [4.69, 9.17) is 9.88 Å². The molecule has 0 aliphatic carbocycles. The molecule has 2 rings (SSSR count). The Labute approximate surface area is 168 Å². The molecule has 158 valence electrons. The Bertz CT molecular complexity index is 1090. The molecule has 0 aliphatic rings. The number of hydrogen-bond acceptors (Lipinski definition) is 6. The van der Waals surface area contributed by atoms with Crippen LogP contribution in [0.5, 0.6) is 5.75 Å². The number of nitrogens with two attached hydrogens (primary N) is 1. The highest BCUT2D eigenvalue weighted by atomic mass is 32.2. The van der Waals surface area contributed by atoms with Crippen LogP contribution in [0.25, 0.3) is 0 Å². The van der Waals surface area contributed by atoms with Crippen LogP contribution in [-0.4, -0.2) is 36.4 Å². The van der Waals surface area contributed by atoms with Crippen molar-refractivity contribution in [1.29, 1.82) is 0 Å². The fraction of sp³-hybridized carbons (Fsp3) is 0.235. The van der Waals surface area contributed by atoms with Gasteiger partial charge in [-0.3, -0.25) is 4.79 Å². The van der Waals surface area contributed by atoms with Gasteiger partial charge in [0.2, 0.25) is 26.0 Å². The summed E-state index contributed by atoms with van der Waals surface area (Å²) in [6.45, 7) is -0.0157. The highest BCUT2D eigenvalue weighted by Gasteiger charge is 2.17. The summed E-state index contributed by atoms with van der Waals surface area (Å²) in [7, 11) is -6.57. The molecular formula is C17H20FN3O6S2. The number of primary sulfonamides is 1. The van der Waals surface area contributed by atoms with E-state index >= 15 is 0 Å². The summed E-state index contributed by atoms with van der Waals surface area (Å²) in [5, 5.41) is 7.63. The van der Waals surface area contributed by atoms with Crippen molar-refractivity contribution in [1.82, 2.24) is 4.72 Å². The lowest BCUT2D eigenvalue weighted by molar-refractivity contribution is -0.116. The monoisotopic (exact) mass is 445 g/mol. The van der Waals surface area contributed by atoms with E-state index in [2.05, 4.69) is 10.0 Å². The van der Waals surface area contributed by atoms with E-state index in [-0.39, 0.29) is 40.6 Å². The molecule has 0 bridgehead atoms. The van der Waals surface area contributed by atoms with E-state index in [9.17, 15) is 26.0 Å². The van der Waals surface area contributed by atoms with Gasteiger partial charge >= 0.3 is 0 Å². The van der Waals surface area contributed by atoms with Crippen molar-refractivity contribution < 1.29 is 30.8 Å². The first kappa shape index (κ1) is 22.7. The Balaban J connectivity index is 1.90. The number of nitrogens with one attached hydrogen (secondary N) is 2. The molecule has 0 spiro atoms. The van der Waals surface area contributed by atoms with E-state index in [1.165, 1.54) is 25.3 Å². The van der Waals surface area contributed by atoms with Gasteiger partial charge in [-0.05, 0) is 48.9 Å². The largest absolute Gasteiger partial charge is 0.495 e. The number of halogens is 1. The number of carbonyl (C=O) groups excluding carboxylic acids is 1. The van der Waals surface area contributed by atoms with Crippen LogP contribution >= 0.6 is 0 Å². The molecule has 1 amide bonds. The Hall–Kier alpha value is -2.54. The summed E-state index contributed by atoms with van der Waals surface area (Å²) < 4.78 is 67.4. The minimum absolute atomic E-state index is 0.0157. The highest BCUT2D eigenvalue weighted by Crippen LogP contribution is 2.26. The maximum atomic E-state index is 12.9. The molecule has 9 nitrogen and oxygen atoms in total. The van der Waals surface area contributed by atoms with Crippen LogP contribution in [0.3, 0.4) is 0 Å². The first-order valence-corrected chi connectivity index (χ1v) is 11.3. The molecule has 2 aromatic rings. The van der Waals surface area contributed by atoms with E-state index in [1.54, 1.807) is 0 Å². The molecule has 0 aliphatic heterocycles. The van der Waals surface area contributed by atoms with Gasteiger partial charge in [0, 0.05) is 18.7 Å². The summed E-state index contributed by atoms with van der Waals surface area (Å²) in [4.78, 5) is 11.7. The number of anilines is 1. The zero-order chi connectivity index (χ0) is 21.7. The molecular weight excluding hydrogens is 425 g/mol. The van der Waals surface area contributed by atoms with Crippen molar-refractivity contribution >= 4 is 31.6 Å². The lowest BCUT2D eigenvalue weighted by Crippen LogP contribution is -2.25. The number of carbonyl (C=O) groups is 1. The second kappa shape index (κ2) is 9.31. The van der Waals surface area contributed by atoms with Gasteiger partial charge < -0.3 is 10.1 Å². The number of sulfonamides is 2. The Morgan fingerprint density at radius 1 is 1.10 bits per heavy atom. The van der Waals surface area contributed by atoms with Crippen LogP contribution in [0, 0.1) is 5.82 Å². The van der Waals surface area contributed by atoms with Crippen LogP contribution in [-0.2, 0) is 24.8 Å². The number of methoxy groups -OCH3 is 1. The van der Waals surface area contributed by atoms with Gasteiger partial charge in [-0.2, -0.15) is 0 Å². The summed E-state index contributed by atoms with van der Waals surface area (Å²) in [5.74, 6) is -0.957. The van der Waals surface area contributed by atoms with E-state index in [0.717, 1.165) is 24.3 Å². The van der Waals surface area contributed by atoms with Crippen molar-refractivity contribution in [3.8, 4) is 5.75 Å². The normalized spacial score (nSPS) is 11.8. The first-order chi connectivity index (χ1) is 13.5. The zero-order valence-electron chi connectivity index (χ0n) is 15.4. The van der Waals surface area contributed by atoms with Gasteiger partial charge in [0.05, 0.1) is 12.0 Å². The summed E-state index contributed by atoms with van der Waals surface area (Å²) >= 11 is 0. The van der Waals surface area contributed by atoms with Crippen molar-refractivity contribution in [2.45, 2.75) is 22.6 Å². The molecule has 0 unspecified atom stereocenters. The minimum Gasteiger partial charge on any atom is -0.495 e. The van der Waals surface area contributed by atoms with Crippen LogP contribution in [0.2, 0.25) is 0 Å². The summed E-state index contributed by atoms with van der Waals surface area (Å²) in [6.07, 6.45) is 0.160. The van der Waals surface area contributed by atoms with Crippen molar-refractivity contribution in [3.63, 3.8) is 0 Å². The fourth-order valence-corrected chi connectivity index (χ4v) is 4.15. The molecule has 0 saturated heterocycles. The van der Waals surface area contributed by atoms with Crippen molar-refractivity contribution in [2.75, 3.05) is 19.0 Å². The summed E-state index contributed by atoms with van der Waals surface area (Å²) in [5.41, 5.74) is 0.201. The van der Waals surface area contributed by atoms with Gasteiger partial charge in [-0.25, -0.2) is 31.1 Å². The van der Waals surface area contributed by atoms with Crippen LogP contribution in [0.15, 0.2) is 52.3 Å². The molecule has 4 N–H and O–H groups in total. The molecule has 0 saturated carbocycles. The zero-order valence-corrected chi connectivity index (χ0v) is 17.0. The highest BCUT2D eigenvalue weighted by molar-refractivity contribution is 7.89. The fourth-order valence-electron chi connectivity index (χ4n) is 2.35. The quantitative estimate of drug-likeness (QED) is 0.494. The smallest absolute Gasteiger partial charge is 0.241 e. The van der Waals surface area contributed by atoms with Crippen LogP contribution < -0.4 is 19.9 Å². The van der Waals surface area contributed by atoms with Gasteiger partial charge in [0.1, 0.15) is 16.5 Å². The number of ether oxygens (including phenoxy) is 1. The molecule has 29 heavy (non-hydrogen) atoms. The number of hydrogen-bond donors (Lipinski definition) is 3. The topological polar surface area (TPSA) is 145 Å². The third kappa shape index (κ3) is 6.49. The number of benzene rings is 2. The molecule has 12 heteroatoms. The first-order valence-electron chi connectivity index (χ1n) is 8.29. The molecule has 0 aromatic heterocycles. The standard InChI is InChI=1S/C17H20FN3O6S2/c1-27-15-9-6-13(11-16(15)28(19,23)24)21-17(22)3-2-10-20-29(25,26)14-7-4-12(18)5-8-14/h4-9,11,20H,2-3,10H2,1H3,(H,21,22)(H2,19,23,24). The van der Waals surface area contributed by atoms with Gasteiger partial charge in [-0.1, -0.05) is 0 Å². The SMILES string of the molecule is COc1ccc(NC(=O)CCCNS(=O)(=O)c2ccc(F)cc2)cc1S(N)(=O)=O. The molecule has 0 heterocycles. The lowest BCUT2D eigenvalue weighted by atomic mass is 10.2. The molecule has 0 fully saturated rings. The average Bonchev–Trinajstić information content (AvgIpc) is 2.65. The summed E-state index contributed by atoms with van der Waals surface area (Å²) in [6, 6.07) is 8.31. The predicted octanol–water partition coefficient (Wildman–Crippen LogP) is 1.18. The van der Waals surface area contributed by atoms with Crippen LogP contribution in [0.4, 0.5) is 10.1 Å². The van der Waals surface area contributed by atoms with E-state index < -0.39 is 31.8 Å². The second-order valence-corrected chi connectivity index (χ2v) is 9.21. The van der Waals surface area contributed by atoms with Gasteiger partial charge in [0.25, 0.3) is 0 Å². The molecule has 2 aromatic carbocycles. The maximum absolute atomic E-state index is 12.9. The molecule has 0 atom stereocenters. The Kier molecular flexibility index (Phi) is 7.30. The van der Waals surface area contributed by atoms with E-state index in [1.807, 2.05) is 0 Å². The third-order valence-corrected chi connectivity index (χ3v) is 6.16. The Morgan fingerprint density at radius 2 is 1.76 bits per heavy atom. The average molecular weight is 445 g/mol. The lowest BCUT2D eigenvalue weighted by Gasteiger charge is -2.10. The van der Waals surface area contributed by atoms with Crippen LogP contribution in [0.1, 0.15) is 12.8 Å². The Morgan fingerprint density at radius 3 is 2.34 bits per heavy atom.